The lowest BCUT2D eigenvalue weighted by atomic mass is 9.99. The molecule has 0 saturated heterocycles. The SMILES string of the molecule is Cc1cc(OCCCN2CCCc3cc(C(=O)O)ccc32)cc(C)c1Cl. The van der Waals surface area contributed by atoms with Gasteiger partial charge >= 0.3 is 5.97 Å². The van der Waals surface area contributed by atoms with Crippen LogP contribution < -0.4 is 9.64 Å². The van der Waals surface area contributed by atoms with Gasteiger partial charge in [0.1, 0.15) is 5.75 Å². The molecule has 1 aliphatic heterocycles. The number of fused-ring (bicyclic) bond motifs is 1. The number of carboxylic acid groups (broad SMARTS) is 1. The highest BCUT2D eigenvalue weighted by atomic mass is 35.5. The molecule has 26 heavy (non-hydrogen) atoms. The predicted octanol–water partition coefficient (Wildman–Crippen LogP) is 4.88. The lowest BCUT2D eigenvalue weighted by Crippen LogP contribution is -2.31. The van der Waals surface area contributed by atoms with E-state index in [1.54, 1.807) is 12.1 Å². The number of nitrogens with zero attached hydrogens (tertiary/aromatic N) is 1. The summed E-state index contributed by atoms with van der Waals surface area (Å²) in [6.07, 6.45) is 2.89. The van der Waals surface area contributed by atoms with Crippen LogP contribution in [0.15, 0.2) is 30.3 Å². The van der Waals surface area contributed by atoms with Crippen molar-refractivity contribution < 1.29 is 14.6 Å². The van der Waals surface area contributed by atoms with Crippen LogP contribution in [0.2, 0.25) is 5.02 Å². The van der Waals surface area contributed by atoms with E-state index < -0.39 is 5.97 Å². The Labute approximate surface area is 159 Å². The topological polar surface area (TPSA) is 49.8 Å². The number of anilines is 1. The van der Waals surface area contributed by atoms with Crippen molar-refractivity contribution in [3.63, 3.8) is 0 Å². The molecule has 0 bridgehead atoms. The summed E-state index contributed by atoms with van der Waals surface area (Å²) in [6, 6.07) is 9.37. The predicted molar refractivity (Wildman–Crippen MR) is 105 cm³/mol. The largest absolute Gasteiger partial charge is 0.494 e. The van der Waals surface area contributed by atoms with Crippen LogP contribution in [0.3, 0.4) is 0 Å². The van der Waals surface area contributed by atoms with E-state index in [0.717, 1.165) is 65.5 Å². The average Bonchev–Trinajstić information content (AvgIpc) is 2.62. The lowest BCUT2D eigenvalue weighted by Gasteiger charge is -2.31. The Balaban J connectivity index is 1.57. The highest BCUT2D eigenvalue weighted by Gasteiger charge is 2.18. The number of carboxylic acids is 1. The molecule has 0 aliphatic carbocycles. The number of benzene rings is 2. The summed E-state index contributed by atoms with van der Waals surface area (Å²) in [4.78, 5) is 13.5. The fraction of sp³-hybridized carbons (Fsp3) is 0.381. The van der Waals surface area contributed by atoms with Crippen LogP contribution in [-0.4, -0.2) is 30.8 Å². The number of rotatable bonds is 6. The first-order valence-electron chi connectivity index (χ1n) is 8.96. The van der Waals surface area contributed by atoms with E-state index in [2.05, 4.69) is 4.90 Å². The van der Waals surface area contributed by atoms with Crippen LogP contribution in [0.1, 0.15) is 39.9 Å². The molecule has 0 radical (unpaired) electrons. The fourth-order valence-corrected chi connectivity index (χ4v) is 3.58. The maximum absolute atomic E-state index is 11.1. The van der Waals surface area contributed by atoms with Gasteiger partial charge in [-0.05, 0) is 80.1 Å². The second-order valence-electron chi connectivity index (χ2n) is 6.81. The highest BCUT2D eigenvalue weighted by molar-refractivity contribution is 6.32. The van der Waals surface area contributed by atoms with Crippen molar-refractivity contribution >= 4 is 23.3 Å². The third-order valence-electron chi connectivity index (χ3n) is 4.79. The number of aryl methyl sites for hydroxylation is 3. The van der Waals surface area contributed by atoms with E-state index in [9.17, 15) is 4.79 Å². The first-order chi connectivity index (χ1) is 12.5. The Morgan fingerprint density at radius 3 is 2.65 bits per heavy atom. The summed E-state index contributed by atoms with van der Waals surface area (Å²) in [6.45, 7) is 6.50. The number of hydrogen-bond acceptors (Lipinski definition) is 3. The van der Waals surface area contributed by atoms with Gasteiger partial charge in [0.2, 0.25) is 0 Å². The molecule has 3 rings (SSSR count). The lowest BCUT2D eigenvalue weighted by molar-refractivity contribution is 0.0696. The van der Waals surface area contributed by atoms with Crippen molar-refractivity contribution in [2.45, 2.75) is 33.1 Å². The summed E-state index contributed by atoms with van der Waals surface area (Å²) in [5.41, 5.74) is 4.70. The Morgan fingerprint density at radius 1 is 1.23 bits per heavy atom. The molecule has 0 aromatic heterocycles. The molecule has 138 valence electrons. The molecule has 4 nitrogen and oxygen atoms in total. The smallest absolute Gasteiger partial charge is 0.335 e. The minimum absolute atomic E-state index is 0.363. The third kappa shape index (κ3) is 4.13. The molecule has 5 heteroatoms. The third-order valence-corrected chi connectivity index (χ3v) is 5.39. The van der Waals surface area contributed by atoms with E-state index in [4.69, 9.17) is 21.4 Å². The van der Waals surface area contributed by atoms with Crippen LogP contribution in [-0.2, 0) is 6.42 Å². The van der Waals surface area contributed by atoms with Gasteiger partial charge in [-0.25, -0.2) is 4.79 Å². The van der Waals surface area contributed by atoms with Crippen LogP contribution in [0.25, 0.3) is 0 Å². The summed E-state index contributed by atoms with van der Waals surface area (Å²) in [5, 5.41) is 9.95. The number of ether oxygens (including phenoxy) is 1. The Morgan fingerprint density at radius 2 is 1.96 bits per heavy atom. The minimum atomic E-state index is -0.869. The van der Waals surface area contributed by atoms with Gasteiger partial charge in [0.15, 0.2) is 0 Å². The van der Waals surface area contributed by atoms with E-state index in [1.807, 2.05) is 32.0 Å². The molecular formula is C21H24ClNO3. The van der Waals surface area contributed by atoms with Crippen molar-refractivity contribution in [2.75, 3.05) is 24.6 Å². The summed E-state index contributed by atoms with van der Waals surface area (Å²) < 4.78 is 5.89. The van der Waals surface area contributed by atoms with Crippen LogP contribution in [0.5, 0.6) is 5.75 Å². The zero-order chi connectivity index (χ0) is 18.7. The normalized spacial score (nSPS) is 13.4. The molecule has 1 aliphatic rings. The van der Waals surface area contributed by atoms with E-state index in [1.165, 1.54) is 0 Å². The maximum Gasteiger partial charge on any atom is 0.335 e. The van der Waals surface area contributed by atoms with Gasteiger partial charge in [0.25, 0.3) is 0 Å². The van der Waals surface area contributed by atoms with Crippen LogP contribution in [0.4, 0.5) is 5.69 Å². The zero-order valence-corrected chi connectivity index (χ0v) is 16.0. The van der Waals surface area contributed by atoms with E-state index in [-0.39, 0.29) is 0 Å². The number of hydrogen-bond donors (Lipinski definition) is 1. The average molecular weight is 374 g/mol. The molecule has 2 aromatic rings. The van der Waals surface area contributed by atoms with E-state index in [0.29, 0.717) is 12.2 Å². The van der Waals surface area contributed by atoms with Crippen LogP contribution >= 0.6 is 11.6 Å². The number of carbonyl (C=O) groups is 1. The fourth-order valence-electron chi connectivity index (χ4n) is 3.48. The highest BCUT2D eigenvalue weighted by Crippen LogP contribution is 2.29. The van der Waals surface area contributed by atoms with Gasteiger partial charge < -0.3 is 14.7 Å². The summed E-state index contributed by atoms with van der Waals surface area (Å²) in [5.74, 6) is -0.0126. The van der Waals surface area contributed by atoms with Crippen molar-refractivity contribution in [1.82, 2.24) is 0 Å². The van der Waals surface area contributed by atoms with Gasteiger partial charge in [0.05, 0.1) is 12.2 Å². The van der Waals surface area contributed by atoms with Gasteiger partial charge in [-0.3, -0.25) is 0 Å². The van der Waals surface area contributed by atoms with Gasteiger partial charge in [-0.2, -0.15) is 0 Å². The maximum atomic E-state index is 11.1. The molecule has 1 heterocycles. The van der Waals surface area contributed by atoms with Crippen molar-refractivity contribution in [3.05, 3.63) is 57.6 Å². The molecule has 2 aromatic carbocycles. The van der Waals surface area contributed by atoms with Crippen molar-refractivity contribution in [1.29, 1.82) is 0 Å². The van der Waals surface area contributed by atoms with Crippen LogP contribution in [0, 0.1) is 13.8 Å². The monoisotopic (exact) mass is 373 g/mol. The Kier molecular flexibility index (Phi) is 5.72. The molecular weight excluding hydrogens is 350 g/mol. The summed E-state index contributed by atoms with van der Waals surface area (Å²) in [7, 11) is 0. The zero-order valence-electron chi connectivity index (χ0n) is 15.2. The molecule has 0 spiro atoms. The van der Waals surface area contributed by atoms with Gasteiger partial charge in [-0.15, -0.1) is 0 Å². The molecule has 0 saturated carbocycles. The molecule has 0 fully saturated rings. The molecule has 0 unspecified atom stereocenters. The first kappa shape index (κ1) is 18.6. The van der Waals surface area contributed by atoms with Gasteiger partial charge in [0, 0.05) is 23.8 Å². The quantitative estimate of drug-likeness (QED) is 0.733. The summed E-state index contributed by atoms with van der Waals surface area (Å²) >= 11 is 6.19. The number of halogens is 1. The van der Waals surface area contributed by atoms with Crippen molar-refractivity contribution in [2.24, 2.45) is 0 Å². The standard InChI is InChI=1S/C21H24ClNO3/c1-14-11-18(12-15(2)20(14)22)26-10-4-9-23-8-3-5-16-13-17(21(24)25)6-7-19(16)23/h6-7,11-13H,3-5,8-10H2,1-2H3,(H,24,25). The molecule has 0 amide bonds. The van der Waals surface area contributed by atoms with Gasteiger partial charge in [-0.1, -0.05) is 11.6 Å². The number of aromatic carboxylic acids is 1. The Bertz CT molecular complexity index is 796. The first-order valence-corrected chi connectivity index (χ1v) is 9.34. The Hall–Kier alpha value is -2.20. The molecule has 1 N–H and O–H groups in total. The van der Waals surface area contributed by atoms with E-state index >= 15 is 0 Å². The molecule has 0 atom stereocenters. The minimum Gasteiger partial charge on any atom is -0.494 e. The van der Waals surface area contributed by atoms with Crippen molar-refractivity contribution in [3.8, 4) is 5.75 Å². The second kappa shape index (κ2) is 8.00. The second-order valence-corrected chi connectivity index (χ2v) is 7.19.